The van der Waals surface area contributed by atoms with Crippen molar-refractivity contribution in [2.24, 2.45) is 5.73 Å². The Hall–Kier alpha value is -2.36. The van der Waals surface area contributed by atoms with Crippen LogP contribution in [-0.4, -0.2) is 6.03 Å². The van der Waals surface area contributed by atoms with Gasteiger partial charge in [0, 0.05) is 0 Å². The van der Waals surface area contributed by atoms with E-state index in [1.165, 1.54) is 12.1 Å². The van der Waals surface area contributed by atoms with Crippen molar-refractivity contribution in [2.45, 2.75) is 6.04 Å². The minimum Gasteiger partial charge on any atom is -0.352 e. The van der Waals surface area contributed by atoms with Gasteiger partial charge in [0.2, 0.25) is 0 Å². The summed E-state index contributed by atoms with van der Waals surface area (Å²) in [5, 5.41) is 2.65. The smallest absolute Gasteiger partial charge is 0.312 e. The quantitative estimate of drug-likeness (QED) is 0.856. The summed E-state index contributed by atoms with van der Waals surface area (Å²) < 4.78 is 12.9. The van der Waals surface area contributed by atoms with Crippen molar-refractivity contribution in [2.75, 3.05) is 0 Å². The van der Waals surface area contributed by atoms with E-state index >= 15 is 0 Å². The molecule has 3 N–H and O–H groups in total. The molecule has 3 nitrogen and oxygen atoms in total. The standard InChI is InChI=1S/C14H13FN2O/c15-12-8-6-11(7-9-12)13(17-14(16)18)10-4-2-1-3-5-10/h1-9,13H,(H3,16,17,18)/t13-/m0/s1. The Morgan fingerprint density at radius 2 is 1.56 bits per heavy atom. The number of amides is 2. The van der Waals surface area contributed by atoms with Gasteiger partial charge in [0.25, 0.3) is 0 Å². The zero-order valence-electron chi connectivity index (χ0n) is 9.64. The molecule has 4 heteroatoms. The molecule has 2 aromatic carbocycles. The first kappa shape index (κ1) is 12.1. The van der Waals surface area contributed by atoms with Crippen LogP contribution in [-0.2, 0) is 0 Å². The number of carbonyl (C=O) groups excluding carboxylic acids is 1. The molecule has 0 fully saturated rings. The van der Waals surface area contributed by atoms with Crippen LogP contribution in [0.5, 0.6) is 0 Å². The Morgan fingerprint density at radius 3 is 2.11 bits per heavy atom. The van der Waals surface area contributed by atoms with Crippen LogP contribution in [0.4, 0.5) is 9.18 Å². The van der Waals surface area contributed by atoms with Gasteiger partial charge in [-0.15, -0.1) is 0 Å². The van der Waals surface area contributed by atoms with Crippen molar-refractivity contribution in [1.82, 2.24) is 5.32 Å². The number of nitrogens with two attached hydrogens (primary N) is 1. The summed E-state index contributed by atoms with van der Waals surface area (Å²) in [5.41, 5.74) is 6.84. The summed E-state index contributed by atoms with van der Waals surface area (Å²) in [6.07, 6.45) is 0. The molecule has 18 heavy (non-hydrogen) atoms. The summed E-state index contributed by atoms with van der Waals surface area (Å²) in [4.78, 5) is 11.1. The van der Waals surface area contributed by atoms with Gasteiger partial charge in [0.15, 0.2) is 0 Å². The maximum Gasteiger partial charge on any atom is 0.312 e. The van der Waals surface area contributed by atoms with Crippen LogP contribution in [0.15, 0.2) is 54.6 Å². The molecule has 2 aromatic rings. The van der Waals surface area contributed by atoms with Gasteiger partial charge in [-0.05, 0) is 23.3 Å². The van der Waals surface area contributed by atoms with Crippen LogP contribution in [0.2, 0.25) is 0 Å². The first-order valence-corrected chi connectivity index (χ1v) is 5.53. The summed E-state index contributed by atoms with van der Waals surface area (Å²) in [6.45, 7) is 0. The third-order valence-corrected chi connectivity index (χ3v) is 2.62. The van der Waals surface area contributed by atoms with E-state index in [1.54, 1.807) is 12.1 Å². The predicted molar refractivity (Wildman–Crippen MR) is 67.4 cm³/mol. The zero-order valence-corrected chi connectivity index (χ0v) is 9.64. The highest BCUT2D eigenvalue weighted by atomic mass is 19.1. The maximum absolute atomic E-state index is 12.9. The average molecular weight is 244 g/mol. The molecule has 1 atom stereocenters. The molecule has 0 spiro atoms. The minimum absolute atomic E-state index is 0.315. The van der Waals surface area contributed by atoms with Gasteiger partial charge in [0.1, 0.15) is 5.82 Å². The molecule has 0 bridgehead atoms. The van der Waals surface area contributed by atoms with Crippen molar-refractivity contribution in [1.29, 1.82) is 0 Å². The van der Waals surface area contributed by atoms with E-state index in [2.05, 4.69) is 5.32 Å². The van der Waals surface area contributed by atoms with E-state index in [0.29, 0.717) is 0 Å². The minimum atomic E-state index is -0.617. The number of benzene rings is 2. The van der Waals surface area contributed by atoms with E-state index in [9.17, 15) is 9.18 Å². The van der Waals surface area contributed by atoms with Gasteiger partial charge >= 0.3 is 6.03 Å². The lowest BCUT2D eigenvalue weighted by Gasteiger charge is -2.18. The normalized spacial score (nSPS) is 11.8. The summed E-state index contributed by atoms with van der Waals surface area (Å²) in [5.74, 6) is -0.315. The molecule has 2 amide bonds. The molecule has 0 aliphatic heterocycles. The Balaban J connectivity index is 2.36. The molecular formula is C14H13FN2O. The lowest BCUT2D eigenvalue weighted by molar-refractivity contribution is 0.247. The van der Waals surface area contributed by atoms with E-state index in [-0.39, 0.29) is 11.9 Å². The lowest BCUT2D eigenvalue weighted by atomic mass is 9.99. The van der Waals surface area contributed by atoms with Gasteiger partial charge in [0.05, 0.1) is 6.04 Å². The number of hydrogen-bond acceptors (Lipinski definition) is 1. The van der Waals surface area contributed by atoms with E-state index in [0.717, 1.165) is 11.1 Å². The Kier molecular flexibility index (Phi) is 3.57. The Bertz CT molecular complexity index is 525. The molecule has 0 heterocycles. The molecular weight excluding hydrogens is 231 g/mol. The highest BCUT2D eigenvalue weighted by Gasteiger charge is 2.14. The third-order valence-electron chi connectivity index (χ3n) is 2.62. The number of rotatable bonds is 3. The van der Waals surface area contributed by atoms with Crippen LogP contribution in [0.3, 0.4) is 0 Å². The summed E-state index contributed by atoms with van der Waals surface area (Å²) >= 11 is 0. The number of halogens is 1. The number of nitrogens with one attached hydrogen (secondary N) is 1. The van der Waals surface area contributed by atoms with E-state index in [1.807, 2.05) is 30.3 Å². The predicted octanol–water partition coefficient (Wildman–Crippen LogP) is 2.58. The van der Waals surface area contributed by atoms with Crippen LogP contribution in [0, 0.1) is 5.82 Å². The molecule has 0 radical (unpaired) electrons. The largest absolute Gasteiger partial charge is 0.352 e. The van der Waals surface area contributed by atoms with Crippen molar-refractivity contribution in [3.05, 3.63) is 71.5 Å². The second-order valence-electron chi connectivity index (χ2n) is 3.90. The van der Waals surface area contributed by atoms with Crippen LogP contribution in [0.25, 0.3) is 0 Å². The van der Waals surface area contributed by atoms with Crippen molar-refractivity contribution in [3.63, 3.8) is 0 Å². The van der Waals surface area contributed by atoms with Crippen molar-refractivity contribution in [3.8, 4) is 0 Å². The second-order valence-corrected chi connectivity index (χ2v) is 3.90. The Labute approximate surface area is 104 Å². The number of urea groups is 1. The molecule has 92 valence electrons. The molecule has 2 rings (SSSR count). The first-order chi connectivity index (χ1) is 8.66. The van der Waals surface area contributed by atoms with Crippen molar-refractivity contribution >= 4 is 6.03 Å². The van der Waals surface area contributed by atoms with Gasteiger partial charge in [-0.3, -0.25) is 0 Å². The molecule has 0 saturated heterocycles. The van der Waals surface area contributed by atoms with Crippen molar-refractivity contribution < 1.29 is 9.18 Å². The summed E-state index contributed by atoms with van der Waals surface area (Å²) in [6, 6.07) is 14.4. The molecule has 0 aliphatic rings. The fourth-order valence-electron chi connectivity index (χ4n) is 1.80. The number of carbonyl (C=O) groups is 1. The number of primary amides is 1. The SMILES string of the molecule is NC(=O)N[C@@H](c1ccccc1)c1ccc(F)cc1. The van der Waals surface area contributed by atoms with E-state index in [4.69, 9.17) is 5.73 Å². The Morgan fingerprint density at radius 1 is 1.00 bits per heavy atom. The lowest BCUT2D eigenvalue weighted by Crippen LogP contribution is -2.33. The highest BCUT2D eigenvalue weighted by Crippen LogP contribution is 2.21. The van der Waals surface area contributed by atoms with Gasteiger partial charge in [-0.2, -0.15) is 0 Å². The number of hydrogen-bond donors (Lipinski definition) is 2. The van der Waals surface area contributed by atoms with Gasteiger partial charge < -0.3 is 11.1 Å². The monoisotopic (exact) mass is 244 g/mol. The molecule has 0 saturated carbocycles. The van der Waals surface area contributed by atoms with Crippen LogP contribution < -0.4 is 11.1 Å². The average Bonchev–Trinajstić information content (AvgIpc) is 2.38. The molecule has 0 aromatic heterocycles. The van der Waals surface area contributed by atoms with Crippen LogP contribution in [0.1, 0.15) is 17.2 Å². The van der Waals surface area contributed by atoms with Gasteiger partial charge in [-0.25, -0.2) is 9.18 Å². The third kappa shape index (κ3) is 2.85. The fraction of sp³-hybridized carbons (Fsp3) is 0.0714. The highest BCUT2D eigenvalue weighted by molar-refractivity contribution is 5.72. The summed E-state index contributed by atoms with van der Waals surface area (Å²) in [7, 11) is 0. The van der Waals surface area contributed by atoms with E-state index < -0.39 is 6.03 Å². The molecule has 0 aliphatic carbocycles. The van der Waals surface area contributed by atoms with Crippen LogP contribution >= 0.6 is 0 Å². The molecule has 0 unspecified atom stereocenters. The zero-order chi connectivity index (χ0) is 13.0. The topological polar surface area (TPSA) is 55.1 Å². The second kappa shape index (κ2) is 5.31. The first-order valence-electron chi connectivity index (χ1n) is 5.53. The van der Waals surface area contributed by atoms with Gasteiger partial charge in [-0.1, -0.05) is 42.5 Å². The fourth-order valence-corrected chi connectivity index (χ4v) is 1.80. The maximum atomic E-state index is 12.9.